The first-order valence-corrected chi connectivity index (χ1v) is 8.87. The summed E-state index contributed by atoms with van der Waals surface area (Å²) >= 11 is 0. The molecule has 3 aromatic rings. The second kappa shape index (κ2) is 8.81. The van der Waals surface area contributed by atoms with Crippen LogP contribution in [-0.2, 0) is 6.42 Å². The second-order valence-corrected chi connectivity index (χ2v) is 6.31. The number of rotatable bonds is 7. The van der Waals surface area contributed by atoms with Crippen LogP contribution < -0.4 is 10.1 Å². The van der Waals surface area contributed by atoms with E-state index in [2.05, 4.69) is 5.32 Å². The van der Waals surface area contributed by atoms with Gasteiger partial charge in [-0.1, -0.05) is 48.5 Å². The van der Waals surface area contributed by atoms with Gasteiger partial charge >= 0.3 is 0 Å². The Kier molecular flexibility index (Phi) is 6.01. The average Bonchev–Trinajstić information content (AvgIpc) is 2.70. The minimum absolute atomic E-state index is 0.143. The third-order valence-electron chi connectivity index (χ3n) is 4.22. The molecular formula is C22H20N2O4. The second-order valence-electron chi connectivity index (χ2n) is 6.31. The number of nitrogens with one attached hydrogen (secondary N) is 1. The molecule has 0 aromatic heterocycles. The molecule has 0 fully saturated rings. The van der Waals surface area contributed by atoms with Gasteiger partial charge in [-0.15, -0.1) is 0 Å². The Hall–Kier alpha value is -3.67. The third-order valence-corrected chi connectivity index (χ3v) is 4.22. The van der Waals surface area contributed by atoms with E-state index in [1.54, 1.807) is 37.3 Å². The summed E-state index contributed by atoms with van der Waals surface area (Å²) in [6, 6.07) is 21.4. The van der Waals surface area contributed by atoms with Crippen molar-refractivity contribution in [1.82, 2.24) is 0 Å². The van der Waals surface area contributed by atoms with Crippen LogP contribution in [0.5, 0.6) is 5.75 Å². The lowest BCUT2D eigenvalue weighted by Gasteiger charge is -2.12. The van der Waals surface area contributed by atoms with Gasteiger partial charge in [0.05, 0.1) is 17.1 Å². The van der Waals surface area contributed by atoms with Gasteiger partial charge in [-0.25, -0.2) is 0 Å². The molecule has 0 bridgehead atoms. The maximum atomic E-state index is 12.7. The first kappa shape index (κ1) is 19.1. The number of anilines is 1. The van der Waals surface area contributed by atoms with E-state index in [0.29, 0.717) is 24.3 Å². The van der Waals surface area contributed by atoms with E-state index in [4.69, 9.17) is 4.74 Å². The van der Waals surface area contributed by atoms with Crippen molar-refractivity contribution >= 4 is 17.3 Å². The van der Waals surface area contributed by atoms with Crippen molar-refractivity contribution in [3.63, 3.8) is 0 Å². The SMILES string of the molecule is Cc1ccc(NC(=O)c2ccccc2OCCc2ccccc2)c([N+](=O)[O-])c1. The van der Waals surface area contributed by atoms with Gasteiger partial charge in [-0.3, -0.25) is 14.9 Å². The van der Waals surface area contributed by atoms with E-state index in [0.717, 1.165) is 11.1 Å². The number of carbonyl (C=O) groups is 1. The van der Waals surface area contributed by atoms with Crippen LogP contribution in [0.2, 0.25) is 0 Å². The number of amides is 1. The lowest BCUT2D eigenvalue weighted by molar-refractivity contribution is -0.384. The average molecular weight is 376 g/mol. The molecule has 1 amide bonds. The van der Waals surface area contributed by atoms with Gasteiger partial charge in [0, 0.05) is 12.5 Å². The number of nitro benzene ring substituents is 1. The zero-order valence-electron chi connectivity index (χ0n) is 15.4. The van der Waals surface area contributed by atoms with Crippen molar-refractivity contribution < 1.29 is 14.5 Å². The standard InChI is InChI=1S/C22H20N2O4/c1-16-11-12-19(20(15-16)24(26)27)23-22(25)18-9-5-6-10-21(18)28-14-13-17-7-3-2-4-8-17/h2-12,15H,13-14H2,1H3,(H,23,25). The van der Waals surface area contributed by atoms with Crippen LogP contribution >= 0.6 is 0 Å². The molecule has 0 heterocycles. The van der Waals surface area contributed by atoms with E-state index in [-0.39, 0.29) is 11.4 Å². The van der Waals surface area contributed by atoms with Crippen molar-refractivity contribution in [2.75, 3.05) is 11.9 Å². The Bertz CT molecular complexity index is 987. The molecule has 0 aliphatic heterocycles. The highest BCUT2D eigenvalue weighted by Crippen LogP contribution is 2.27. The molecule has 142 valence electrons. The minimum Gasteiger partial charge on any atom is -0.492 e. The zero-order valence-corrected chi connectivity index (χ0v) is 15.4. The number of nitrogens with zero attached hydrogens (tertiary/aromatic N) is 1. The minimum atomic E-state index is -0.509. The van der Waals surface area contributed by atoms with Crippen LogP contribution in [-0.4, -0.2) is 17.4 Å². The highest BCUT2D eigenvalue weighted by atomic mass is 16.6. The number of carbonyl (C=O) groups excluding carboxylic acids is 1. The van der Waals surface area contributed by atoms with E-state index in [9.17, 15) is 14.9 Å². The summed E-state index contributed by atoms with van der Waals surface area (Å²) in [6.07, 6.45) is 0.709. The van der Waals surface area contributed by atoms with Crippen LogP contribution in [0.4, 0.5) is 11.4 Å². The molecule has 0 radical (unpaired) electrons. The lowest BCUT2D eigenvalue weighted by atomic mass is 10.1. The molecule has 3 rings (SSSR count). The predicted octanol–water partition coefficient (Wildman–Crippen LogP) is 4.78. The van der Waals surface area contributed by atoms with Gasteiger partial charge in [-0.2, -0.15) is 0 Å². The smallest absolute Gasteiger partial charge is 0.293 e. The number of hydrogen-bond donors (Lipinski definition) is 1. The summed E-state index contributed by atoms with van der Waals surface area (Å²) < 4.78 is 5.80. The Labute approximate surface area is 162 Å². The predicted molar refractivity (Wildman–Crippen MR) is 108 cm³/mol. The molecule has 0 saturated heterocycles. The fraction of sp³-hybridized carbons (Fsp3) is 0.136. The maximum absolute atomic E-state index is 12.7. The summed E-state index contributed by atoms with van der Waals surface area (Å²) in [5.74, 6) is -0.0204. The van der Waals surface area contributed by atoms with Gasteiger partial charge < -0.3 is 10.1 Å². The van der Waals surface area contributed by atoms with Crippen molar-refractivity contribution in [2.45, 2.75) is 13.3 Å². The quantitative estimate of drug-likeness (QED) is 0.475. The van der Waals surface area contributed by atoms with Crippen molar-refractivity contribution in [2.24, 2.45) is 0 Å². The molecular weight excluding hydrogens is 356 g/mol. The van der Waals surface area contributed by atoms with Gasteiger partial charge in [0.1, 0.15) is 11.4 Å². The Morgan fingerprint density at radius 1 is 1.04 bits per heavy atom. The number of aryl methyl sites for hydroxylation is 1. The molecule has 0 spiro atoms. The summed E-state index contributed by atoms with van der Waals surface area (Å²) in [5, 5.41) is 13.9. The third kappa shape index (κ3) is 4.73. The van der Waals surface area contributed by atoms with Crippen molar-refractivity contribution in [1.29, 1.82) is 0 Å². The van der Waals surface area contributed by atoms with Gasteiger partial charge in [0.2, 0.25) is 0 Å². The van der Waals surface area contributed by atoms with Gasteiger partial charge in [0.15, 0.2) is 0 Å². The number of benzene rings is 3. The summed E-state index contributed by atoms with van der Waals surface area (Å²) in [6.45, 7) is 2.17. The Morgan fingerprint density at radius 3 is 2.50 bits per heavy atom. The summed E-state index contributed by atoms with van der Waals surface area (Å²) in [7, 11) is 0. The molecule has 28 heavy (non-hydrogen) atoms. The molecule has 0 atom stereocenters. The molecule has 3 aromatic carbocycles. The van der Waals surface area contributed by atoms with Crippen LogP contribution in [0, 0.1) is 17.0 Å². The van der Waals surface area contributed by atoms with Crippen LogP contribution in [0.1, 0.15) is 21.5 Å². The fourth-order valence-electron chi connectivity index (χ4n) is 2.79. The van der Waals surface area contributed by atoms with Crippen LogP contribution in [0.3, 0.4) is 0 Å². The lowest BCUT2D eigenvalue weighted by Crippen LogP contribution is -2.15. The first-order valence-electron chi connectivity index (χ1n) is 8.87. The van der Waals surface area contributed by atoms with Gasteiger partial charge in [0.25, 0.3) is 11.6 Å². The van der Waals surface area contributed by atoms with Gasteiger partial charge in [-0.05, 0) is 36.2 Å². The van der Waals surface area contributed by atoms with Crippen LogP contribution in [0.25, 0.3) is 0 Å². The van der Waals surface area contributed by atoms with E-state index in [1.165, 1.54) is 12.1 Å². The monoisotopic (exact) mass is 376 g/mol. The highest BCUT2D eigenvalue weighted by molar-refractivity contribution is 6.07. The van der Waals surface area contributed by atoms with E-state index < -0.39 is 10.8 Å². The number of ether oxygens (including phenoxy) is 1. The Balaban J connectivity index is 1.73. The number of nitro groups is 1. The molecule has 0 aliphatic carbocycles. The summed E-state index contributed by atoms with van der Waals surface area (Å²) in [5.41, 5.74) is 2.22. The normalized spacial score (nSPS) is 10.3. The number of hydrogen-bond acceptors (Lipinski definition) is 4. The largest absolute Gasteiger partial charge is 0.492 e. The van der Waals surface area contributed by atoms with Crippen LogP contribution in [0.15, 0.2) is 72.8 Å². The molecule has 1 N–H and O–H groups in total. The fourth-order valence-corrected chi connectivity index (χ4v) is 2.79. The molecule has 6 heteroatoms. The van der Waals surface area contributed by atoms with E-state index >= 15 is 0 Å². The van der Waals surface area contributed by atoms with Crippen molar-refractivity contribution in [3.8, 4) is 5.75 Å². The number of para-hydroxylation sites is 1. The Morgan fingerprint density at radius 2 is 1.75 bits per heavy atom. The highest BCUT2D eigenvalue weighted by Gasteiger charge is 2.19. The zero-order chi connectivity index (χ0) is 19.9. The van der Waals surface area contributed by atoms with E-state index in [1.807, 2.05) is 30.3 Å². The van der Waals surface area contributed by atoms with Crippen molar-refractivity contribution in [3.05, 3.63) is 99.6 Å². The molecule has 0 saturated carbocycles. The molecule has 0 aliphatic rings. The topological polar surface area (TPSA) is 81.5 Å². The molecule has 6 nitrogen and oxygen atoms in total. The first-order chi connectivity index (χ1) is 13.5. The maximum Gasteiger partial charge on any atom is 0.293 e. The molecule has 0 unspecified atom stereocenters. The summed E-state index contributed by atoms with van der Waals surface area (Å²) in [4.78, 5) is 23.5.